The molecule has 1 unspecified atom stereocenters. The Hall–Kier alpha value is -1.49. The molecular formula is C10H9NO3S. The van der Waals surface area contributed by atoms with Crippen molar-refractivity contribution in [2.75, 3.05) is 5.32 Å². The van der Waals surface area contributed by atoms with Gasteiger partial charge in [-0.05, 0) is 19.1 Å². The van der Waals surface area contributed by atoms with Gasteiger partial charge in [-0.15, -0.1) is 11.8 Å². The fourth-order valence-electron chi connectivity index (χ4n) is 1.40. The number of carbonyl (C=O) groups excluding carboxylic acids is 1. The lowest BCUT2D eigenvalue weighted by molar-refractivity contribution is -0.115. The van der Waals surface area contributed by atoms with Crippen LogP contribution in [-0.2, 0) is 4.79 Å². The molecule has 1 aromatic rings. The maximum atomic E-state index is 11.4. The lowest BCUT2D eigenvalue weighted by Crippen LogP contribution is -2.27. The van der Waals surface area contributed by atoms with Crippen LogP contribution < -0.4 is 5.32 Å². The monoisotopic (exact) mass is 223 g/mol. The van der Waals surface area contributed by atoms with E-state index in [1.54, 1.807) is 25.1 Å². The van der Waals surface area contributed by atoms with Gasteiger partial charge in [0.25, 0.3) is 0 Å². The van der Waals surface area contributed by atoms with Crippen molar-refractivity contribution in [3.63, 3.8) is 0 Å². The number of benzene rings is 1. The highest BCUT2D eigenvalue weighted by Crippen LogP contribution is 2.37. The van der Waals surface area contributed by atoms with Gasteiger partial charge in [0.1, 0.15) is 0 Å². The maximum Gasteiger partial charge on any atom is 0.336 e. The molecule has 15 heavy (non-hydrogen) atoms. The van der Waals surface area contributed by atoms with Crippen LogP contribution in [0.5, 0.6) is 0 Å². The Balaban J connectivity index is 2.52. The van der Waals surface area contributed by atoms with Gasteiger partial charge >= 0.3 is 5.97 Å². The van der Waals surface area contributed by atoms with Crippen LogP contribution in [0.1, 0.15) is 17.3 Å². The predicted octanol–water partition coefficient (Wildman–Crippen LogP) is 1.82. The summed E-state index contributed by atoms with van der Waals surface area (Å²) >= 11 is 1.28. The van der Waals surface area contributed by atoms with Gasteiger partial charge in [-0.1, -0.05) is 6.07 Å². The van der Waals surface area contributed by atoms with E-state index in [1.807, 2.05) is 0 Å². The van der Waals surface area contributed by atoms with Crippen LogP contribution in [-0.4, -0.2) is 22.2 Å². The molecule has 0 radical (unpaired) electrons. The second-order valence-electron chi connectivity index (χ2n) is 3.24. The van der Waals surface area contributed by atoms with E-state index in [0.717, 1.165) is 0 Å². The van der Waals surface area contributed by atoms with E-state index in [4.69, 9.17) is 5.11 Å². The summed E-state index contributed by atoms with van der Waals surface area (Å²) in [6.45, 7) is 1.75. The number of carbonyl (C=O) groups is 2. The lowest BCUT2D eigenvalue weighted by atomic mass is 10.2. The minimum Gasteiger partial charge on any atom is -0.478 e. The summed E-state index contributed by atoms with van der Waals surface area (Å²) in [5.41, 5.74) is 0.826. The molecule has 0 aromatic heterocycles. The molecule has 0 saturated carbocycles. The number of anilines is 1. The molecule has 1 aliphatic heterocycles. The molecular weight excluding hydrogens is 214 g/mol. The summed E-state index contributed by atoms with van der Waals surface area (Å²) in [4.78, 5) is 22.9. The first-order valence-electron chi connectivity index (χ1n) is 4.43. The molecule has 78 valence electrons. The van der Waals surface area contributed by atoms with Gasteiger partial charge in [0, 0.05) is 4.90 Å². The summed E-state index contributed by atoms with van der Waals surface area (Å²) < 4.78 is 0. The van der Waals surface area contributed by atoms with Crippen LogP contribution in [0.25, 0.3) is 0 Å². The first-order valence-corrected chi connectivity index (χ1v) is 5.31. The van der Waals surface area contributed by atoms with Gasteiger partial charge in [0.2, 0.25) is 5.91 Å². The van der Waals surface area contributed by atoms with Crippen molar-refractivity contribution in [2.24, 2.45) is 0 Å². The molecule has 0 aliphatic carbocycles. The molecule has 5 heteroatoms. The van der Waals surface area contributed by atoms with Gasteiger partial charge in [0.05, 0.1) is 16.5 Å². The quantitative estimate of drug-likeness (QED) is 0.762. The SMILES string of the molecule is CC1Sc2c(cccc2C(=O)O)NC1=O. The minimum absolute atomic E-state index is 0.0879. The van der Waals surface area contributed by atoms with Crippen LogP contribution in [0.2, 0.25) is 0 Å². The Morgan fingerprint density at radius 1 is 1.53 bits per heavy atom. The van der Waals surface area contributed by atoms with E-state index in [-0.39, 0.29) is 16.7 Å². The first-order chi connectivity index (χ1) is 7.09. The van der Waals surface area contributed by atoms with Gasteiger partial charge < -0.3 is 10.4 Å². The number of rotatable bonds is 1. The zero-order valence-corrected chi connectivity index (χ0v) is 8.80. The summed E-state index contributed by atoms with van der Waals surface area (Å²) in [6.07, 6.45) is 0. The van der Waals surface area contributed by atoms with Gasteiger partial charge in [-0.2, -0.15) is 0 Å². The molecule has 4 nitrogen and oxygen atoms in total. The zero-order chi connectivity index (χ0) is 11.0. The second-order valence-corrected chi connectivity index (χ2v) is 4.59. The third-order valence-electron chi connectivity index (χ3n) is 2.17. The van der Waals surface area contributed by atoms with Crippen LogP contribution in [0.15, 0.2) is 23.1 Å². The van der Waals surface area contributed by atoms with Gasteiger partial charge in [-0.3, -0.25) is 4.79 Å². The number of hydrogen-bond donors (Lipinski definition) is 2. The first kappa shape index (κ1) is 10.0. The molecule has 1 amide bonds. The molecule has 1 aliphatic rings. The number of carboxylic acid groups (broad SMARTS) is 1. The molecule has 0 bridgehead atoms. The van der Waals surface area contributed by atoms with Crippen LogP contribution in [0.3, 0.4) is 0 Å². The second kappa shape index (κ2) is 3.58. The largest absolute Gasteiger partial charge is 0.478 e. The van der Waals surface area contributed by atoms with Crippen molar-refractivity contribution in [1.29, 1.82) is 0 Å². The molecule has 2 N–H and O–H groups in total. The predicted molar refractivity (Wildman–Crippen MR) is 57.4 cm³/mol. The number of nitrogens with one attached hydrogen (secondary N) is 1. The fraction of sp³-hybridized carbons (Fsp3) is 0.200. The third-order valence-corrected chi connectivity index (χ3v) is 3.41. The lowest BCUT2D eigenvalue weighted by Gasteiger charge is -2.22. The normalized spacial score (nSPS) is 19.3. The van der Waals surface area contributed by atoms with Crippen molar-refractivity contribution in [3.05, 3.63) is 23.8 Å². The summed E-state index contributed by atoms with van der Waals surface area (Å²) in [5, 5.41) is 11.4. The standard InChI is InChI=1S/C10H9NO3S/c1-5-9(12)11-7-4-2-3-6(10(13)14)8(7)15-5/h2-5H,1H3,(H,11,12)(H,13,14). The Morgan fingerprint density at radius 2 is 2.27 bits per heavy atom. The highest BCUT2D eigenvalue weighted by molar-refractivity contribution is 8.01. The van der Waals surface area contributed by atoms with Crippen molar-refractivity contribution >= 4 is 29.3 Å². The molecule has 0 fully saturated rings. The van der Waals surface area contributed by atoms with Crippen molar-refractivity contribution < 1.29 is 14.7 Å². The van der Waals surface area contributed by atoms with E-state index in [2.05, 4.69) is 5.32 Å². The maximum absolute atomic E-state index is 11.4. The number of carboxylic acids is 1. The number of amides is 1. The van der Waals surface area contributed by atoms with E-state index in [0.29, 0.717) is 10.6 Å². The van der Waals surface area contributed by atoms with Crippen molar-refractivity contribution in [2.45, 2.75) is 17.1 Å². The topological polar surface area (TPSA) is 66.4 Å². The third kappa shape index (κ3) is 1.70. The van der Waals surface area contributed by atoms with Crippen LogP contribution in [0.4, 0.5) is 5.69 Å². The van der Waals surface area contributed by atoms with Gasteiger partial charge in [0.15, 0.2) is 0 Å². The zero-order valence-electron chi connectivity index (χ0n) is 7.98. The highest BCUT2D eigenvalue weighted by atomic mass is 32.2. The molecule has 1 heterocycles. The van der Waals surface area contributed by atoms with Gasteiger partial charge in [-0.25, -0.2) is 4.79 Å². The summed E-state index contributed by atoms with van der Waals surface area (Å²) in [6, 6.07) is 4.87. The molecule has 0 saturated heterocycles. The Labute approximate surface area is 90.7 Å². The number of thioether (sulfide) groups is 1. The van der Waals surface area contributed by atoms with E-state index < -0.39 is 5.97 Å². The average molecular weight is 223 g/mol. The molecule has 1 aromatic carbocycles. The van der Waals surface area contributed by atoms with E-state index in [1.165, 1.54) is 11.8 Å². The number of aromatic carboxylic acids is 1. The number of fused-ring (bicyclic) bond motifs is 1. The minimum atomic E-state index is -0.970. The molecule has 0 spiro atoms. The Morgan fingerprint density at radius 3 is 2.93 bits per heavy atom. The van der Waals surface area contributed by atoms with Crippen LogP contribution in [0, 0.1) is 0 Å². The fourth-order valence-corrected chi connectivity index (χ4v) is 2.44. The molecule has 2 rings (SSSR count). The van der Waals surface area contributed by atoms with E-state index in [9.17, 15) is 9.59 Å². The van der Waals surface area contributed by atoms with Crippen molar-refractivity contribution in [1.82, 2.24) is 0 Å². The highest BCUT2D eigenvalue weighted by Gasteiger charge is 2.26. The summed E-state index contributed by atoms with van der Waals surface area (Å²) in [5.74, 6) is -1.06. The van der Waals surface area contributed by atoms with E-state index >= 15 is 0 Å². The number of hydrogen-bond acceptors (Lipinski definition) is 3. The Bertz CT molecular complexity index is 444. The average Bonchev–Trinajstić information content (AvgIpc) is 2.18. The molecule has 1 atom stereocenters. The van der Waals surface area contributed by atoms with Crippen LogP contribution >= 0.6 is 11.8 Å². The Kier molecular flexibility index (Phi) is 2.40. The van der Waals surface area contributed by atoms with Crippen molar-refractivity contribution in [3.8, 4) is 0 Å². The smallest absolute Gasteiger partial charge is 0.336 e. The summed E-state index contributed by atoms with van der Waals surface area (Å²) in [7, 11) is 0.